The van der Waals surface area contributed by atoms with Crippen molar-refractivity contribution in [2.24, 2.45) is 10.8 Å². The van der Waals surface area contributed by atoms with Gasteiger partial charge in [0, 0.05) is 23.2 Å². The minimum atomic E-state index is -0.501. The summed E-state index contributed by atoms with van der Waals surface area (Å²) < 4.78 is 13.4. The number of halogens is 2. The number of β-amino-alcohol motifs (C(OH)–C–C–N with tert-alkyl or cyclic N) is 1. The fourth-order valence-electron chi connectivity index (χ4n) is 3.73. The molecule has 1 aromatic carbocycles. The van der Waals surface area contributed by atoms with Crippen molar-refractivity contribution in [3.63, 3.8) is 0 Å². The minimum absolute atomic E-state index is 0.114. The maximum absolute atomic E-state index is 13.4. The van der Waals surface area contributed by atoms with Crippen LogP contribution in [-0.2, 0) is 0 Å². The molecule has 1 amide bonds. The number of nitrogens with zero attached hydrogens (tertiary/aromatic N) is 1. The molecular weight excluding hydrogens is 355 g/mol. The summed E-state index contributed by atoms with van der Waals surface area (Å²) in [5.74, 6) is -0.766. The monoisotopic (exact) mass is 382 g/mol. The zero-order chi connectivity index (χ0) is 19.1. The van der Waals surface area contributed by atoms with Crippen LogP contribution in [0.3, 0.4) is 0 Å². The Kier molecular flexibility index (Phi) is 5.35. The van der Waals surface area contributed by atoms with Gasteiger partial charge in [-0.15, -0.1) is 0 Å². The SMILES string of the molecule is CC(C)(C)C(O)CN1CCC2(CC1)C[C@H]2NC(=O)c1cc(F)cc(Cl)c1. The molecule has 2 aliphatic rings. The van der Waals surface area contributed by atoms with Crippen LogP contribution in [0.25, 0.3) is 0 Å². The van der Waals surface area contributed by atoms with E-state index in [1.54, 1.807) is 0 Å². The summed E-state index contributed by atoms with van der Waals surface area (Å²) in [5.41, 5.74) is 0.315. The van der Waals surface area contributed by atoms with Crippen molar-refractivity contribution in [2.45, 2.75) is 52.2 Å². The van der Waals surface area contributed by atoms with Crippen molar-refractivity contribution in [1.82, 2.24) is 10.2 Å². The van der Waals surface area contributed by atoms with Gasteiger partial charge in [-0.05, 0) is 61.4 Å². The molecule has 0 aromatic heterocycles. The molecule has 6 heteroatoms. The quantitative estimate of drug-likeness (QED) is 0.838. The van der Waals surface area contributed by atoms with E-state index in [0.29, 0.717) is 6.54 Å². The number of amides is 1. The van der Waals surface area contributed by atoms with Gasteiger partial charge in [-0.3, -0.25) is 4.79 Å². The van der Waals surface area contributed by atoms with E-state index in [1.165, 1.54) is 18.2 Å². The van der Waals surface area contributed by atoms with Crippen LogP contribution in [0.15, 0.2) is 18.2 Å². The molecule has 1 saturated heterocycles. The second kappa shape index (κ2) is 7.10. The predicted octanol–water partition coefficient (Wildman–Crippen LogP) is 3.47. The van der Waals surface area contributed by atoms with E-state index in [-0.39, 0.29) is 39.5 Å². The molecule has 1 saturated carbocycles. The number of nitrogens with one attached hydrogen (secondary N) is 1. The fourth-order valence-corrected chi connectivity index (χ4v) is 3.95. The second-order valence-electron chi connectivity index (χ2n) is 8.93. The largest absolute Gasteiger partial charge is 0.391 e. The lowest BCUT2D eigenvalue weighted by Crippen LogP contribution is -2.44. The molecule has 1 heterocycles. The van der Waals surface area contributed by atoms with Crippen LogP contribution < -0.4 is 5.32 Å². The number of likely N-dealkylation sites (tertiary alicyclic amines) is 1. The average molecular weight is 383 g/mol. The summed E-state index contributed by atoms with van der Waals surface area (Å²) in [5, 5.41) is 13.5. The summed E-state index contributed by atoms with van der Waals surface area (Å²) in [4.78, 5) is 14.7. The summed E-state index contributed by atoms with van der Waals surface area (Å²) >= 11 is 5.83. The van der Waals surface area contributed by atoms with Gasteiger partial charge in [0.15, 0.2) is 0 Å². The van der Waals surface area contributed by atoms with Gasteiger partial charge in [0.2, 0.25) is 0 Å². The van der Waals surface area contributed by atoms with Crippen LogP contribution in [0.5, 0.6) is 0 Å². The molecule has 1 unspecified atom stereocenters. The van der Waals surface area contributed by atoms with E-state index < -0.39 is 5.82 Å². The second-order valence-corrected chi connectivity index (χ2v) is 9.37. The number of carbonyl (C=O) groups is 1. The van der Waals surface area contributed by atoms with Gasteiger partial charge in [0.05, 0.1) is 6.10 Å². The highest BCUT2D eigenvalue weighted by molar-refractivity contribution is 6.31. The van der Waals surface area contributed by atoms with Crippen molar-refractivity contribution in [2.75, 3.05) is 19.6 Å². The molecule has 1 aliphatic heterocycles. The normalized spacial score (nSPS) is 23.7. The summed E-state index contributed by atoms with van der Waals surface area (Å²) in [6.45, 7) is 8.71. The third-order valence-corrected chi connectivity index (χ3v) is 6.12. The molecule has 26 heavy (non-hydrogen) atoms. The van der Waals surface area contributed by atoms with E-state index in [2.05, 4.69) is 10.2 Å². The van der Waals surface area contributed by atoms with Gasteiger partial charge in [0.1, 0.15) is 5.82 Å². The molecule has 2 N–H and O–H groups in total. The maximum atomic E-state index is 13.4. The van der Waals surface area contributed by atoms with E-state index in [0.717, 1.165) is 32.4 Å². The number of carbonyl (C=O) groups excluding carboxylic acids is 1. The highest BCUT2D eigenvalue weighted by Crippen LogP contribution is 2.54. The lowest BCUT2D eigenvalue weighted by Gasteiger charge is -2.37. The highest BCUT2D eigenvalue weighted by atomic mass is 35.5. The standard InChI is InChI=1S/C20H28ClFN2O2/c1-19(2,3)17(25)12-24-6-4-20(5-7-24)11-16(20)23-18(26)13-8-14(21)10-15(22)9-13/h8-10,16-17,25H,4-7,11-12H2,1-3H3,(H,23,26)/t16-,17?/m1/s1. The molecule has 144 valence electrons. The summed E-state index contributed by atoms with van der Waals surface area (Å²) in [7, 11) is 0. The molecule has 3 rings (SSSR count). The number of aliphatic hydroxyl groups is 1. The maximum Gasteiger partial charge on any atom is 0.251 e. The first-order chi connectivity index (χ1) is 12.1. The van der Waals surface area contributed by atoms with Crippen LogP contribution >= 0.6 is 11.6 Å². The lowest BCUT2D eigenvalue weighted by molar-refractivity contribution is 0.0166. The molecule has 1 spiro atoms. The third-order valence-electron chi connectivity index (χ3n) is 5.90. The average Bonchev–Trinajstić information content (AvgIpc) is 3.19. The fraction of sp³-hybridized carbons (Fsp3) is 0.650. The topological polar surface area (TPSA) is 52.6 Å². The van der Waals surface area contributed by atoms with Crippen molar-refractivity contribution in [3.8, 4) is 0 Å². The Labute approximate surface area is 159 Å². The first kappa shape index (κ1) is 19.6. The Morgan fingerprint density at radius 1 is 1.38 bits per heavy atom. The molecule has 4 nitrogen and oxygen atoms in total. The van der Waals surface area contributed by atoms with Crippen molar-refractivity contribution < 1.29 is 14.3 Å². The van der Waals surface area contributed by atoms with Gasteiger partial charge >= 0.3 is 0 Å². The van der Waals surface area contributed by atoms with Crippen molar-refractivity contribution >= 4 is 17.5 Å². The van der Waals surface area contributed by atoms with Crippen LogP contribution in [0, 0.1) is 16.6 Å². The number of hydrogen-bond donors (Lipinski definition) is 2. The van der Waals surface area contributed by atoms with Gasteiger partial charge in [-0.25, -0.2) is 4.39 Å². The van der Waals surface area contributed by atoms with Crippen LogP contribution in [-0.4, -0.2) is 47.7 Å². The molecule has 0 bridgehead atoms. The minimum Gasteiger partial charge on any atom is -0.391 e. The van der Waals surface area contributed by atoms with Crippen LogP contribution in [0.4, 0.5) is 4.39 Å². The Bertz CT molecular complexity index is 661. The molecular formula is C20H28ClFN2O2. The number of aliphatic hydroxyl groups excluding tert-OH is 1. The number of benzene rings is 1. The zero-order valence-electron chi connectivity index (χ0n) is 15.7. The van der Waals surface area contributed by atoms with Gasteiger partial charge < -0.3 is 15.3 Å². The Morgan fingerprint density at radius 2 is 2.04 bits per heavy atom. The first-order valence-corrected chi connectivity index (χ1v) is 9.64. The van der Waals surface area contributed by atoms with E-state index in [4.69, 9.17) is 11.6 Å². The number of rotatable bonds is 4. The van der Waals surface area contributed by atoms with Crippen LogP contribution in [0.1, 0.15) is 50.4 Å². The molecule has 1 aliphatic carbocycles. The third kappa shape index (κ3) is 4.38. The first-order valence-electron chi connectivity index (χ1n) is 9.26. The molecule has 0 radical (unpaired) electrons. The highest BCUT2D eigenvalue weighted by Gasteiger charge is 2.55. The van der Waals surface area contributed by atoms with Gasteiger partial charge in [-0.2, -0.15) is 0 Å². The predicted molar refractivity (Wildman–Crippen MR) is 101 cm³/mol. The van der Waals surface area contributed by atoms with E-state index >= 15 is 0 Å². The molecule has 2 fully saturated rings. The lowest BCUT2D eigenvalue weighted by atomic mass is 9.87. The smallest absolute Gasteiger partial charge is 0.251 e. The van der Waals surface area contributed by atoms with Crippen molar-refractivity contribution in [1.29, 1.82) is 0 Å². The van der Waals surface area contributed by atoms with Gasteiger partial charge in [0.25, 0.3) is 5.91 Å². The number of piperidine rings is 1. The Hall–Kier alpha value is -1.17. The molecule has 2 atom stereocenters. The Balaban J connectivity index is 1.50. The molecule has 1 aromatic rings. The summed E-state index contributed by atoms with van der Waals surface area (Å²) in [6.07, 6.45) is 2.65. The van der Waals surface area contributed by atoms with Crippen LogP contribution in [0.2, 0.25) is 5.02 Å². The zero-order valence-corrected chi connectivity index (χ0v) is 16.4. The Morgan fingerprint density at radius 3 is 2.62 bits per heavy atom. The van der Waals surface area contributed by atoms with E-state index in [9.17, 15) is 14.3 Å². The van der Waals surface area contributed by atoms with Gasteiger partial charge in [-0.1, -0.05) is 32.4 Å². The number of hydrogen-bond acceptors (Lipinski definition) is 3. The van der Waals surface area contributed by atoms with Crippen molar-refractivity contribution in [3.05, 3.63) is 34.6 Å². The summed E-state index contributed by atoms with van der Waals surface area (Å²) in [6, 6.07) is 4.04. The van der Waals surface area contributed by atoms with E-state index in [1.807, 2.05) is 20.8 Å².